The van der Waals surface area contributed by atoms with Crippen LogP contribution in [0, 0.1) is 0 Å². The van der Waals surface area contributed by atoms with Crippen LogP contribution in [0.5, 0.6) is 0 Å². The van der Waals surface area contributed by atoms with Gasteiger partial charge in [0.15, 0.2) is 0 Å². The summed E-state index contributed by atoms with van der Waals surface area (Å²) in [6, 6.07) is 5.22. The maximum Gasteiger partial charge on any atom is 0.239 e. The van der Waals surface area contributed by atoms with E-state index in [9.17, 15) is 4.79 Å². The molecule has 5 nitrogen and oxygen atoms in total. The van der Waals surface area contributed by atoms with Crippen LogP contribution in [0.25, 0.3) is 0 Å². The molecule has 0 aromatic heterocycles. The summed E-state index contributed by atoms with van der Waals surface area (Å²) in [5, 5.41) is 6.11. The minimum absolute atomic E-state index is 0.111. The van der Waals surface area contributed by atoms with Crippen molar-refractivity contribution in [1.29, 1.82) is 0 Å². The van der Waals surface area contributed by atoms with Crippen molar-refractivity contribution in [1.82, 2.24) is 5.32 Å². The summed E-state index contributed by atoms with van der Waals surface area (Å²) >= 11 is 11.0. The fourth-order valence-electron chi connectivity index (χ4n) is 1.45. The summed E-state index contributed by atoms with van der Waals surface area (Å²) in [5.41, 5.74) is 6.80. The zero-order chi connectivity index (χ0) is 14.3. The molecule has 1 aromatic rings. The maximum atomic E-state index is 11.5. The molecular weight excluding hydrogens is 286 g/mol. The van der Waals surface area contributed by atoms with E-state index in [-0.39, 0.29) is 17.4 Å². The molecule has 1 aromatic carbocycles. The van der Waals surface area contributed by atoms with Gasteiger partial charge in [-0.1, -0.05) is 29.9 Å². The van der Waals surface area contributed by atoms with Crippen LogP contribution in [0.3, 0.4) is 0 Å². The van der Waals surface area contributed by atoms with Crippen molar-refractivity contribution < 1.29 is 9.53 Å². The van der Waals surface area contributed by atoms with Gasteiger partial charge in [0.2, 0.25) is 5.91 Å². The molecule has 1 amide bonds. The highest BCUT2D eigenvalue weighted by Gasteiger charge is 2.10. The zero-order valence-electron chi connectivity index (χ0n) is 10.5. The highest BCUT2D eigenvalue weighted by molar-refractivity contribution is 7.80. The Labute approximate surface area is 122 Å². The van der Waals surface area contributed by atoms with Gasteiger partial charge in [-0.3, -0.25) is 4.79 Å². The Kier molecular flexibility index (Phi) is 6.55. The number of hydrogen-bond acceptors (Lipinski definition) is 4. The monoisotopic (exact) mass is 301 g/mol. The molecule has 19 heavy (non-hydrogen) atoms. The van der Waals surface area contributed by atoms with E-state index in [1.165, 1.54) is 0 Å². The molecular formula is C12H16ClN3O2S. The van der Waals surface area contributed by atoms with E-state index in [1.807, 2.05) is 0 Å². The van der Waals surface area contributed by atoms with Gasteiger partial charge < -0.3 is 21.1 Å². The minimum atomic E-state index is -0.147. The van der Waals surface area contributed by atoms with Crippen molar-refractivity contribution in [2.24, 2.45) is 5.73 Å². The molecule has 0 bridgehead atoms. The SMILES string of the molecule is COCCNC(=O)CNc1cccc(Cl)c1C(N)=S. The molecule has 4 N–H and O–H groups in total. The number of anilines is 1. The molecule has 0 radical (unpaired) electrons. The molecule has 0 fully saturated rings. The molecule has 0 aliphatic heterocycles. The smallest absolute Gasteiger partial charge is 0.239 e. The minimum Gasteiger partial charge on any atom is -0.389 e. The molecule has 0 atom stereocenters. The van der Waals surface area contributed by atoms with Crippen LogP contribution >= 0.6 is 23.8 Å². The molecule has 7 heteroatoms. The van der Waals surface area contributed by atoms with E-state index in [4.69, 9.17) is 34.3 Å². The molecule has 0 saturated carbocycles. The zero-order valence-corrected chi connectivity index (χ0v) is 12.1. The highest BCUT2D eigenvalue weighted by atomic mass is 35.5. The fourth-order valence-corrected chi connectivity index (χ4v) is 2.00. The number of rotatable bonds is 7. The average Bonchev–Trinajstić information content (AvgIpc) is 2.36. The first-order valence-electron chi connectivity index (χ1n) is 5.64. The second-order valence-electron chi connectivity index (χ2n) is 3.72. The van der Waals surface area contributed by atoms with Crippen molar-refractivity contribution in [2.75, 3.05) is 32.1 Å². The third-order valence-corrected chi connectivity index (χ3v) is 2.85. The van der Waals surface area contributed by atoms with Crippen molar-refractivity contribution >= 4 is 40.4 Å². The molecule has 0 unspecified atom stereocenters. The van der Waals surface area contributed by atoms with E-state index < -0.39 is 0 Å². The first kappa shape index (κ1) is 15.7. The number of thiocarbonyl (C=S) groups is 1. The van der Waals surface area contributed by atoms with Crippen molar-refractivity contribution in [2.45, 2.75) is 0 Å². The van der Waals surface area contributed by atoms with Crippen LogP contribution < -0.4 is 16.4 Å². The Morgan fingerprint density at radius 1 is 1.53 bits per heavy atom. The molecule has 0 aliphatic rings. The number of ether oxygens (including phenoxy) is 1. The predicted octanol–water partition coefficient (Wildman–Crippen LogP) is 1.15. The van der Waals surface area contributed by atoms with Gasteiger partial charge in [0.1, 0.15) is 4.99 Å². The lowest BCUT2D eigenvalue weighted by molar-refractivity contribution is -0.119. The predicted molar refractivity (Wildman–Crippen MR) is 80.7 cm³/mol. The Hall–Kier alpha value is -1.37. The van der Waals surface area contributed by atoms with Gasteiger partial charge in [-0.2, -0.15) is 0 Å². The normalized spacial score (nSPS) is 10.0. The summed E-state index contributed by atoms with van der Waals surface area (Å²) in [6.45, 7) is 1.05. The summed E-state index contributed by atoms with van der Waals surface area (Å²) in [7, 11) is 1.57. The second kappa shape index (κ2) is 7.93. The van der Waals surface area contributed by atoms with Crippen LogP contribution in [0.15, 0.2) is 18.2 Å². The largest absolute Gasteiger partial charge is 0.389 e. The second-order valence-corrected chi connectivity index (χ2v) is 4.57. The number of nitrogens with one attached hydrogen (secondary N) is 2. The lowest BCUT2D eigenvalue weighted by Crippen LogP contribution is -2.32. The molecule has 104 valence electrons. The summed E-state index contributed by atoms with van der Waals surface area (Å²) in [4.78, 5) is 11.7. The number of halogens is 1. The Morgan fingerprint density at radius 3 is 2.89 bits per heavy atom. The number of nitrogens with two attached hydrogens (primary N) is 1. The average molecular weight is 302 g/mol. The van der Waals surface area contributed by atoms with E-state index in [0.29, 0.717) is 29.4 Å². The van der Waals surface area contributed by atoms with Crippen LogP contribution in [-0.4, -0.2) is 37.7 Å². The number of amides is 1. The number of carbonyl (C=O) groups is 1. The highest BCUT2D eigenvalue weighted by Crippen LogP contribution is 2.23. The molecule has 0 saturated heterocycles. The van der Waals surface area contributed by atoms with Crippen molar-refractivity contribution in [3.05, 3.63) is 28.8 Å². The Balaban J connectivity index is 2.60. The Bertz CT molecular complexity index is 468. The number of methoxy groups -OCH3 is 1. The van der Waals surface area contributed by atoms with E-state index >= 15 is 0 Å². The molecule has 1 rings (SSSR count). The topological polar surface area (TPSA) is 76.4 Å². The standard InChI is InChI=1S/C12H16ClN3O2S/c1-18-6-5-15-10(17)7-16-9-4-2-3-8(13)11(9)12(14)19/h2-4,16H,5-7H2,1H3,(H2,14,19)(H,15,17). The third-order valence-electron chi connectivity index (χ3n) is 2.33. The van der Waals surface area contributed by atoms with Gasteiger partial charge in [0.25, 0.3) is 0 Å². The summed E-state index contributed by atoms with van der Waals surface area (Å²) < 4.78 is 4.84. The third kappa shape index (κ3) is 5.02. The van der Waals surface area contributed by atoms with Gasteiger partial charge in [-0.25, -0.2) is 0 Å². The van der Waals surface area contributed by atoms with Crippen molar-refractivity contribution in [3.63, 3.8) is 0 Å². The van der Waals surface area contributed by atoms with E-state index in [0.717, 1.165) is 0 Å². The molecule has 0 spiro atoms. The molecule has 0 aliphatic carbocycles. The van der Waals surface area contributed by atoms with Gasteiger partial charge in [-0.05, 0) is 12.1 Å². The van der Waals surface area contributed by atoms with E-state index in [1.54, 1.807) is 25.3 Å². The lowest BCUT2D eigenvalue weighted by atomic mass is 10.1. The first-order valence-corrected chi connectivity index (χ1v) is 6.42. The van der Waals surface area contributed by atoms with Crippen LogP contribution in [0.4, 0.5) is 5.69 Å². The fraction of sp³-hybridized carbons (Fsp3) is 0.333. The quantitative estimate of drug-likeness (QED) is 0.520. The lowest BCUT2D eigenvalue weighted by Gasteiger charge is -2.12. The number of hydrogen-bond donors (Lipinski definition) is 3. The van der Waals surface area contributed by atoms with Gasteiger partial charge >= 0.3 is 0 Å². The van der Waals surface area contributed by atoms with Crippen LogP contribution in [0.1, 0.15) is 5.56 Å². The molecule has 0 heterocycles. The van der Waals surface area contributed by atoms with Crippen molar-refractivity contribution in [3.8, 4) is 0 Å². The van der Waals surface area contributed by atoms with Crippen LogP contribution in [0.2, 0.25) is 5.02 Å². The van der Waals surface area contributed by atoms with Gasteiger partial charge in [-0.15, -0.1) is 0 Å². The van der Waals surface area contributed by atoms with E-state index in [2.05, 4.69) is 10.6 Å². The first-order chi connectivity index (χ1) is 9.06. The summed E-state index contributed by atoms with van der Waals surface area (Å²) in [5.74, 6) is -0.147. The van der Waals surface area contributed by atoms with Crippen LogP contribution in [-0.2, 0) is 9.53 Å². The Morgan fingerprint density at radius 2 is 2.26 bits per heavy atom. The van der Waals surface area contributed by atoms with Gasteiger partial charge in [0.05, 0.1) is 23.7 Å². The number of benzene rings is 1. The van der Waals surface area contributed by atoms with Gasteiger partial charge in [0, 0.05) is 19.3 Å². The number of carbonyl (C=O) groups excluding carboxylic acids is 1. The maximum absolute atomic E-state index is 11.5. The summed E-state index contributed by atoms with van der Waals surface area (Å²) in [6.07, 6.45) is 0.